The fraction of sp³-hybridized carbons (Fsp3) is 0.143. The molecule has 0 aromatic heterocycles. The Morgan fingerprint density at radius 3 is 2.32 bits per heavy atom. The monoisotopic (exact) mass is 276 g/mol. The summed E-state index contributed by atoms with van der Waals surface area (Å²) in [5.74, 6) is -0.762. The number of hydrogen-bond donors (Lipinski definition) is 3. The topological polar surface area (TPSA) is 69.6 Å². The van der Waals surface area contributed by atoms with Crippen molar-refractivity contribution in [3.05, 3.63) is 65.7 Å². The first-order valence-corrected chi connectivity index (χ1v) is 7.17. The first kappa shape index (κ1) is 13.7. The van der Waals surface area contributed by atoms with Gasteiger partial charge in [0.25, 0.3) is 5.78 Å². The van der Waals surface area contributed by atoms with E-state index in [0.29, 0.717) is 12.1 Å². The number of nitrogens with one attached hydrogen (secondary N) is 1. The Balaban J connectivity index is 2.14. The van der Waals surface area contributed by atoms with Crippen molar-refractivity contribution in [3.8, 4) is 5.75 Å². The van der Waals surface area contributed by atoms with Crippen molar-refractivity contribution in [3.63, 3.8) is 0 Å². The SMILES string of the molecule is O=[P+](O)[C@@H](NCc1ccccc1)c1ccccc1O. The van der Waals surface area contributed by atoms with Crippen LogP contribution >= 0.6 is 8.03 Å². The average molecular weight is 276 g/mol. The second-order valence-electron chi connectivity index (χ2n) is 4.13. The van der Waals surface area contributed by atoms with Gasteiger partial charge in [0, 0.05) is 6.54 Å². The van der Waals surface area contributed by atoms with Crippen LogP contribution in [-0.2, 0) is 11.1 Å². The highest BCUT2D eigenvalue weighted by molar-refractivity contribution is 7.38. The number of phenolic OH excluding ortho intramolecular Hbond substituents is 1. The van der Waals surface area contributed by atoms with Crippen LogP contribution in [0.3, 0.4) is 0 Å². The van der Waals surface area contributed by atoms with Gasteiger partial charge in [-0.2, -0.15) is 4.89 Å². The molecular weight excluding hydrogens is 261 g/mol. The van der Waals surface area contributed by atoms with Crippen molar-refractivity contribution >= 4 is 8.03 Å². The van der Waals surface area contributed by atoms with E-state index >= 15 is 0 Å². The van der Waals surface area contributed by atoms with Crippen molar-refractivity contribution < 1.29 is 14.6 Å². The zero-order valence-electron chi connectivity index (χ0n) is 10.2. The molecule has 5 heteroatoms. The van der Waals surface area contributed by atoms with Gasteiger partial charge < -0.3 is 5.11 Å². The van der Waals surface area contributed by atoms with Crippen LogP contribution < -0.4 is 5.32 Å². The molecule has 1 unspecified atom stereocenters. The zero-order chi connectivity index (χ0) is 13.7. The summed E-state index contributed by atoms with van der Waals surface area (Å²) in [6.45, 7) is 0.460. The maximum absolute atomic E-state index is 11.4. The van der Waals surface area contributed by atoms with Crippen LogP contribution in [0.2, 0.25) is 0 Å². The van der Waals surface area contributed by atoms with E-state index in [9.17, 15) is 14.6 Å². The molecule has 0 aliphatic heterocycles. The minimum absolute atomic E-state index is 0.0189. The third-order valence-electron chi connectivity index (χ3n) is 2.79. The van der Waals surface area contributed by atoms with Gasteiger partial charge in [-0.25, -0.2) is 0 Å². The lowest BCUT2D eigenvalue weighted by molar-refractivity contribution is 0.446. The lowest BCUT2D eigenvalue weighted by atomic mass is 10.2. The van der Waals surface area contributed by atoms with Gasteiger partial charge in [-0.3, -0.25) is 5.32 Å². The van der Waals surface area contributed by atoms with Crippen LogP contribution in [0, 0.1) is 0 Å². The molecule has 98 valence electrons. The van der Waals surface area contributed by atoms with E-state index in [1.165, 1.54) is 6.07 Å². The molecule has 4 nitrogen and oxygen atoms in total. The predicted molar refractivity (Wildman–Crippen MR) is 74.0 cm³/mol. The lowest BCUT2D eigenvalue weighted by Crippen LogP contribution is -2.18. The van der Waals surface area contributed by atoms with Crippen molar-refractivity contribution in [2.45, 2.75) is 12.3 Å². The minimum Gasteiger partial charge on any atom is -0.507 e. The van der Waals surface area contributed by atoms with Gasteiger partial charge in [0.15, 0.2) is 0 Å². The molecule has 2 aromatic rings. The van der Waals surface area contributed by atoms with Crippen LogP contribution in [0.5, 0.6) is 5.75 Å². The fourth-order valence-electron chi connectivity index (χ4n) is 1.84. The molecular formula is C14H15NO3P+. The summed E-state index contributed by atoms with van der Waals surface area (Å²) in [6.07, 6.45) is 0. The fourth-order valence-corrected chi connectivity index (χ4v) is 2.54. The lowest BCUT2D eigenvalue weighted by Gasteiger charge is -2.09. The summed E-state index contributed by atoms with van der Waals surface area (Å²) >= 11 is 0. The molecule has 2 rings (SSSR count). The third kappa shape index (κ3) is 3.61. The molecule has 0 spiro atoms. The van der Waals surface area contributed by atoms with Crippen LogP contribution in [-0.4, -0.2) is 10.00 Å². The summed E-state index contributed by atoms with van der Waals surface area (Å²) < 4.78 is 11.4. The second-order valence-corrected chi connectivity index (χ2v) is 5.25. The van der Waals surface area contributed by atoms with E-state index in [-0.39, 0.29) is 5.75 Å². The summed E-state index contributed by atoms with van der Waals surface area (Å²) in [7, 11) is -2.47. The molecule has 0 saturated carbocycles. The van der Waals surface area contributed by atoms with Gasteiger partial charge in [0.2, 0.25) is 0 Å². The van der Waals surface area contributed by atoms with E-state index in [4.69, 9.17) is 0 Å². The third-order valence-corrected chi connectivity index (χ3v) is 3.70. The number of hydrogen-bond acceptors (Lipinski definition) is 3. The Kier molecular flexibility index (Phi) is 4.63. The standard InChI is InChI=1S/C14H14NO3P/c16-13-9-5-4-8-12(13)14(19(17)18)15-10-11-6-2-1-3-7-11/h1-9,14-15H,10H2,(H-,16,17,18)/p+1/t14-/m1/s1. The molecule has 0 heterocycles. The Hall–Kier alpha value is -1.74. The number of para-hydroxylation sites is 1. The van der Waals surface area contributed by atoms with Crippen LogP contribution in [0.1, 0.15) is 16.9 Å². The number of phenols is 1. The largest absolute Gasteiger partial charge is 0.529 e. The number of benzene rings is 2. The van der Waals surface area contributed by atoms with E-state index < -0.39 is 13.8 Å². The summed E-state index contributed by atoms with van der Waals surface area (Å²) in [4.78, 5) is 9.40. The normalized spacial score (nSPS) is 13.0. The zero-order valence-corrected chi connectivity index (χ0v) is 11.1. The molecule has 0 saturated heterocycles. The van der Waals surface area contributed by atoms with E-state index in [0.717, 1.165) is 5.56 Å². The molecule has 0 fully saturated rings. The van der Waals surface area contributed by atoms with Gasteiger partial charge in [-0.1, -0.05) is 42.5 Å². The molecule has 0 aliphatic rings. The van der Waals surface area contributed by atoms with Gasteiger partial charge >= 0.3 is 8.03 Å². The number of rotatable bonds is 5. The van der Waals surface area contributed by atoms with Gasteiger partial charge in [0.1, 0.15) is 5.75 Å². The van der Waals surface area contributed by atoms with E-state index in [1.54, 1.807) is 18.2 Å². The molecule has 2 aromatic carbocycles. The highest BCUT2D eigenvalue weighted by Gasteiger charge is 2.32. The van der Waals surface area contributed by atoms with Gasteiger partial charge in [-0.15, -0.1) is 0 Å². The van der Waals surface area contributed by atoms with E-state index in [2.05, 4.69) is 5.32 Å². The summed E-state index contributed by atoms with van der Waals surface area (Å²) in [5.41, 5.74) is 1.45. The van der Waals surface area contributed by atoms with Crippen LogP contribution in [0.4, 0.5) is 0 Å². The molecule has 3 N–H and O–H groups in total. The Labute approximate surface area is 112 Å². The van der Waals surface area contributed by atoms with Crippen molar-refractivity contribution in [1.82, 2.24) is 5.32 Å². The van der Waals surface area contributed by atoms with Gasteiger partial charge in [0.05, 0.1) is 5.56 Å². The molecule has 0 amide bonds. The number of aromatic hydroxyl groups is 1. The summed E-state index contributed by atoms with van der Waals surface area (Å²) in [6, 6.07) is 16.1. The molecule has 0 bridgehead atoms. The first-order valence-electron chi connectivity index (χ1n) is 5.89. The Bertz CT molecular complexity index is 560. The average Bonchev–Trinajstić information content (AvgIpc) is 2.42. The second kappa shape index (κ2) is 6.43. The maximum atomic E-state index is 11.4. The van der Waals surface area contributed by atoms with E-state index in [1.807, 2.05) is 30.3 Å². The van der Waals surface area contributed by atoms with Crippen LogP contribution in [0.25, 0.3) is 0 Å². The Morgan fingerprint density at radius 2 is 1.68 bits per heavy atom. The quantitative estimate of drug-likeness (QED) is 0.734. The molecule has 19 heavy (non-hydrogen) atoms. The highest BCUT2D eigenvalue weighted by atomic mass is 31.1. The van der Waals surface area contributed by atoms with Crippen molar-refractivity contribution in [2.24, 2.45) is 0 Å². The van der Waals surface area contributed by atoms with Crippen molar-refractivity contribution in [1.29, 1.82) is 0 Å². The van der Waals surface area contributed by atoms with Gasteiger partial charge in [-0.05, 0) is 22.3 Å². The highest BCUT2D eigenvalue weighted by Crippen LogP contribution is 2.39. The predicted octanol–water partition coefficient (Wildman–Crippen LogP) is 2.92. The summed E-state index contributed by atoms with van der Waals surface area (Å²) in [5, 5.41) is 12.7. The smallest absolute Gasteiger partial charge is 0.507 e. The molecule has 2 atom stereocenters. The first-order chi connectivity index (χ1) is 9.18. The maximum Gasteiger partial charge on any atom is 0.529 e. The van der Waals surface area contributed by atoms with Crippen LogP contribution in [0.15, 0.2) is 54.6 Å². The molecule has 0 aliphatic carbocycles. The molecule has 0 radical (unpaired) electrons. The van der Waals surface area contributed by atoms with Crippen molar-refractivity contribution in [2.75, 3.05) is 0 Å². The minimum atomic E-state index is -2.47. The Morgan fingerprint density at radius 1 is 1.05 bits per heavy atom.